The molecule has 0 amide bonds. The first-order chi connectivity index (χ1) is 11.4. The van der Waals surface area contributed by atoms with Crippen molar-refractivity contribution in [1.82, 2.24) is 5.32 Å². The Morgan fingerprint density at radius 3 is 2.25 bits per heavy atom. The molecule has 2 fully saturated rings. The largest absolute Gasteiger partial charge is 0.419 e. The summed E-state index contributed by atoms with van der Waals surface area (Å²) in [5, 5.41) is 6.26. The Morgan fingerprint density at radius 2 is 1.67 bits per heavy atom. The highest BCUT2D eigenvalue weighted by atomic mass is 16.7. The van der Waals surface area contributed by atoms with Gasteiger partial charge in [0.05, 0.1) is 0 Å². The summed E-state index contributed by atoms with van der Waals surface area (Å²) in [6.45, 7) is 6.94. The van der Waals surface area contributed by atoms with Crippen molar-refractivity contribution in [3.63, 3.8) is 0 Å². The van der Waals surface area contributed by atoms with Crippen molar-refractivity contribution < 1.29 is 19.1 Å². The van der Waals surface area contributed by atoms with E-state index in [1.165, 1.54) is 20.0 Å². The lowest BCUT2D eigenvalue weighted by molar-refractivity contribution is -0.222. The highest BCUT2D eigenvalue weighted by Crippen LogP contribution is 2.23. The zero-order chi connectivity index (χ0) is 17.2. The van der Waals surface area contributed by atoms with Crippen molar-refractivity contribution in [2.45, 2.75) is 19.6 Å². The lowest BCUT2D eigenvalue weighted by Crippen LogP contribution is -2.43. The number of piperazine rings is 1. The van der Waals surface area contributed by atoms with Crippen LogP contribution in [0.25, 0.3) is 0 Å². The van der Waals surface area contributed by atoms with Crippen LogP contribution >= 0.6 is 0 Å². The average molecular weight is 331 g/mol. The fourth-order valence-corrected chi connectivity index (χ4v) is 2.63. The number of carbonyl (C=O) groups excluding carboxylic acids is 2. The average Bonchev–Trinajstić information content (AvgIpc) is 2.54. The minimum Gasteiger partial charge on any atom is -0.419 e. The number of ether oxygens (including phenoxy) is 2. The van der Waals surface area contributed by atoms with E-state index in [0.29, 0.717) is 0 Å². The molecule has 24 heavy (non-hydrogen) atoms. The van der Waals surface area contributed by atoms with Crippen LogP contribution in [-0.4, -0.2) is 43.9 Å². The van der Waals surface area contributed by atoms with Crippen molar-refractivity contribution in [3.05, 3.63) is 36.0 Å². The molecule has 2 aliphatic rings. The zero-order valence-electron chi connectivity index (χ0n) is 13.8. The molecule has 7 nitrogen and oxygen atoms in total. The summed E-state index contributed by atoms with van der Waals surface area (Å²) in [7, 11) is 0. The van der Waals surface area contributed by atoms with Gasteiger partial charge in [-0.3, -0.25) is 0 Å². The van der Waals surface area contributed by atoms with Gasteiger partial charge in [-0.25, -0.2) is 9.59 Å². The van der Waals surface area contributed by atoms with E-state index in [2.05, 4.69) is 15.5 Å². The van der Waals surface area contributed by atoms with E-state index < -0.39 is 17.7 Å². The molecular formula is C17H21N3O4. The van der Waals surface area contributed by atoms with Crippen LogP contribution in [-0.2, 0) is 19.1 Å². The second kappa shape index (κ2) is 6.52. The first kappa shape index (κ1) is 16.3. The zero-order valence-corrected chi connectivity index (χ0v) is 13.8. The molecule has 7 heteroatoms. The number of benzene rings is 1. The Bertz CT molecular complexity index is 639. The first-order valence-corrected chi connectivity index (χ1v) is 7.94. The van der Waals surface area contributed by atoms with Gasteiger partial charge in [0.1, 0.15) is 0 Å². The van der Waals surface area contributed by atoms with Crippen LogP contribution in [0.4, 0.5) is 11.4 Å². The van der Waals surface area contributed by atoms with Crippen molar-refractivity contribution in [2.24, 2.45) is 0 Å². The number of nitrogens with zero attached hydrogens (tertiary/aromatic N) is 1. The van der Waals surface area contributed by atoms with E-state index in [1.807, 2.05) is 24.3 Å². The predicted molar refractivity (Wildman–Crippen MR) is 89.5 cm³/mol. The van der Waals surface area contributed by atoms with Crippen LogP contribution in [0.15, 0.2) is 36.0 Å². The van der Waals surface area contributed by atoms with Crippen molar-refractivity contribution in [2.75, 3.05) is 36.4 Å². The molecule has 2 aliphatic heterocycles. The molecule has 2 saturated heterocycles. The molecule has 0 atom stereocenters. The molecule has 1 aromatic rings. The number of anilines is 2. The lowest BCUT2D eigenvalue weighted by atomic mass is 10.2. The van der Waals surface area contributed by atoms with E-state index in [1.54, 1.807) is 0 Å². The monoisotopic (exact) mass is 331 g/mol. The van der Waals surface area contributed by atoms with Crippen LogP contribution in [0.3, 0.4) is 0 Å². The number of nitrogens with one attached hydrogen (secondary N) is 2. The van der Waals surface area contributed by atoms with Crippen molar-refractivity contribution >= 4 is 23.3 Å². The molecule has 0 aromatic heterocycles. The maximum Gasteiger partial charge on any atom is 0.350 e. The predicted octanol–water partition coefficient (Wildman–Crippen LogP) is 1.23. The van der Waals surface area contributed by atoms with Gasteiger partial charge in [-0.15, -0.1) is 0 Å². The molecule has 0 spiro atoms. The number of hydrogen-bond donors (Lipinski definition) is 2. The summed E-state index contributed by atoms with van der Waals surface area (Å²) in [6.07, 6.45) is 1.32. The summed E-state index contributed by atoms with van der Waals surface area (Å²) in [6, 6.07) is 7.81. The van der Waals surface area contributed by atoms with Gasteiger partial charge in [0.15, 0.2) is 5.57 Å². The molecule has 0 bridgehead atoms. The van der Waals surface area contributed by atoms with E-state index in [9.17, 15) is 9.59 Å². The van der Waals surface area contributed by atoms with Gasteiger partial charge < -0.3 is 25.0 Å². The third-order valence-corrected chi connectivity index (χ3v) is 3.85. The molecule has 0 aliphatic carbocycles. The summed E-state index contributed by atoms with van der Waals surface area (Å²) >= 11 is 0. The smallest absolute Gasteiger partial charge is 0.350 e. The number of rotatable bonds is 3. The summed E-state index contributed by atoms with van der Waals surface area (Å²) in [4.78, 5) is 26.0. The van der Waals surface area contributed by atoms with E-state index in [4.69, 9.17) is 9.47 Å². The van der Waals surface area contributed by atoms with E-state index >= 15 is 0 Å². The Morgan fingerprint density at radius 1 is 1.08 bits per heavy atom. The number of esters is 2. The molecule has 3 rings (SSSR count). The second-order valence-corrected chi connectivity index (χ2v) is 6.17. The van der Waals surface area contributed by atoms with E-state index in [0.717, 1.165) is 37.6 Å². The van der Waals surface area contributed by atoms with Gasteiger partial charge in [-0.2, -0.15) is 0 Å². The molecular weight excluding hydrogens is 310 g/mol. The molecule has 0 unspecified atom stereocenters. The van der Waals surface area contributed by atoms with Gasteiger partial charge in [-0.05, 0) is 24.3 Å². The quantitative estimate of drug-likeness (QED) is 0.490. The summed E-state index contributed by atoms with van der Waals surface area (Å²) in [5.74, 6) is -2.61. The van der Waals surface area contributed by atoms with Gasteiger partial charge >= 0.3 is 11.9 Å². The first-order valence-electron chi connectivity index (χ1n) is 7.94. The minimum atomic E-state index is -1.23. The van der Waals surface area contributed by atoms with Gasteiger partial charge in [0.2, 0.25) is 0 Å². The van der Waals surface area contributed by atoms with Gasteiger partial charge in [0, 0.05) is 57.6 Å². The topological polar surface area (TPSA) is 79.9 Å². The van der Waals surface area contributed by atoms with Crippen LogP contribution in [0, 0.1) is 0 Å². The fraction of sp³-hybridized carbons (Fsp3) is 0.412. The van der Waals surface area contributed by atoms with Crippen molar-refractivity contribution in [1.29, 1.82) is 0 Å². The normalized spacial score (nSPS) is 20.2. The Labute approximate surface area is 140 Å². The second-order valence-electron chi connectivity index (χ2n) is 6.17. The Kier molecular flexibility index (Phi) is 4.44. The van der Waals surface area contributed by atoms with Gasteiger partial charge in [0.25, 0.3) is 5.79 Å². The third kappa shape index (κ3) is 3.68. The Balaban J connectivity index is 1.66. The third-order valence-electron chi connectivity index (χ3n) is 3.85. The molecule has 128 valence electrons. The van der Waals surface area contributed by atoms with Crippen molar-refractivity contribution in [3.8, 4) is 0 Å². The number of carbonyl (C=O) groups is 2. The number of hydrogen-bond acceptors (Lipinski definition) is 7. The van der Waals surface area contributed by atoms with Crippen LogP contribution in [0.5, 0.6) is 0 Å². The molecule has 0 saturated carbocycles. The standard InChI is InChI=1S/C17H21N3O4/c1-17(2)23-15(21)14(16(22)24-17)11-19-12-3-5-13(6-4-12)20-9-7-18-8-10-20/h3-6,11,18-19H,7-10H2,1-2H3. The maximum absolute atomic E-state index is 11.9. The van der Waals surface area contributed by atoms with Crippen LogP contribution in [0.1, 0.15) is 13.8 Å². The molecule has 2 N–H and O–H groups in total. The summed E-state index contributed by atoms with van der Waals surface area (Å²) < 4.78 is 10.1. The van der Waals surface area contributed by atoms with Crippen LogP contribution in [0.2, 0.25) is 0 Å². The SMILES string of the molecule is CC1(C)OC(=O)C(=CNc2ccc(N3CCNCC3)cc2)C(=O)O1. The number of cyclic esters (lactones) is 2. The lowest BCUT2D eigenvalue weighted by Gasteiger charge is -2.30. The molecule has 2 heterocycles. The minimum absolute atomic E-state index is 0.152. The van der Waals surface area contributed by atoms with E-state index in [-0.39, 0.29) is 5.57 Å². The molecule has 0 radical (unpaired) electrons. The highest BCUT2D eigenvalue weighted by molar-refractivity contribution is 6.15. The highest BCUT2D eigenvalue weighted by Gasteiger charge is 2.38. The van der Waals surface area contributed by atoms with Crippen LogP contribution < -0.4 is 15.5 Å². The maximum atomic E-state index is 11.9. The molecule has 1 aromatic carbocycles. The fourth-order valence-electron chi connectivity index (χ4n) is 2.63. The summed E-state index contributed by atoms with van der Waals surface area (Å²) in [5.41, 5.74) is 1.76. The Hall–Kier alpha value is -2.54. The van der Waals surface area contributed by atoms with Gasteiger partial charge in [-0.1, -0.05) is 0 Å².